The number of amides is 2. The molecule has 0 fully saturated rings. The van der Waals surface area contributed by atoms with E-state index in [1.54, 1.807) is 19.1 Å². The lowest BCUT2D eigenvalue weighted by molar-refractivity contribution is -0.138. The third-order valence-corrected chi connectivity index (χ3v) is 3.60. The van der Waals surface area contributed by atoms with Crippen molar-refractivity contribution in [2.45, 2.75) is 52.6 Å². The van der Waals surface area contributed by atoms with Crippen molar-refractivity contribution in [3.63, 3.8) is 0 Å². The van der Waals surface area contributed by atoms with Gasteiger partial charge in [0.05, 0.1) is 0 Å². The molecular weight excluding hydrogens is 283 g/mol. The van der Waals surface area contributed by atoms with Gasteiger partial charge in [0.2, 0.25) is 11.8 Å². The van der Waals surface area contributed by atoms with Crippen molar-refractivity contribution in [2.24, 2.45) is 0 Å². The van der Waals surface area contributed by atoms with Crippen molar-refractivity contribution in [1.82, 2.24) is 10.2 Å². The summed E-state index contributed by atoms with van der Waals surface area (Å²) in [5.74, 6) is -0.659. The predicted octanol–water partition coefficient (Wildman–Crippen LogP) is 2.87. The topological polar surface area (TPSA) is 49.4 Å². The van der Waals surface area contributed by atoms with Crippen LogP contribution in [0.3, 0.4) is 0 Å². The van der Waals surface area contributed by atoms with Gasteiger partial charge in [0.25, 0.3) is 0 Å². The van der Waals surface area contributed by atoms with Gasteiger partial charge in [0.15, 0.2) is 0 Å². The van der Waals surface area contributed by atoms with Crippen molar-refractivity contribution < 1.29 is 14.0 Å². The summed E-state index contributed by atoms with van der Waals surface area (Å²) in [5.41, 5.74) is 0.794. The minimum absolute atomic E-state index is 0.159. The highest BCUT2D eigenvalue weighted by atomic mass is 19.1. The number of hydrogen-bond acceptors (Lipinski definition) is 2. The van der Waals surface area contributed by atoms with Gasteiger partial charge < -0.3 is 10.2 Å². The molecule has 5 heteroatoms. The van der Waals surface area contributed by atoms with E-state index in [2.05, 4.69) is 12.2 Å². The third kappa shape index (κ3) is 5.84. The van der Waals surface area contributed by atoms with E-state index in [0.29, 0.717) is 13.1 Å². The van der Waals surface area contributed by atoms with Crippen LogP contribution in [0.25, 0.3) is 0 Å². The molecule has 4 nitrogen and oxygen atoms in total. The minimum Gasteiger partial charge on any atom is -0.354 e. The zero-order chi connectivity index (χ0) is 16.5. The molecule has 2 amide bonds. The SMILES string of the molecule is CCCCCNC(=O)C(C)N(Cc1ccc(F)cc1)C(C)=O. The molecule has 1 rings (SSSR count). The summed E-state index contributed by atoms with van der Waals surface area (Å²) >= 11 is 0. The third-order valence-electron chi connectivity index (χ3n) is 3.60. The van der Waals surface area contributed by atoms with Gasteiger partial charge in [-0.3, -0.25) is 9.59 Å². The Morgan fingerprint density at radius 2 is 1.86 bits per heavy atom. The van der Waals surface area contributed by atoms with E-state index in [1.165, 1.54) is 24.0 Å². The summed E-state index contributed by atoms with van der Waals surface area (Å²) in [4.78, 5) is 25.4. The van der Waals surface area contributed by atoms with E-state index in [-0.39, 0.29) is 17.6 Å². The zero-order valence-electron chi connectivity index (χ0n) is 13.6. The standard InChI is InChI=1S/C17H25FN2O2/c1-4-5-6-11-19-17(22)13(2)20(14(3)21)12-15-7-9-16(18)10-8-15/h7-10,13H,4-6,11-12H2,1-3H3,(H,19,22). The summed E-state index contributed by atoms with van der Waals surface area (Å²) in [6, 6.07) is 5.39. The Labute approximate surface area is 131 Å². The molecule has 1 unspecified atom stereocenters. The second-order valence-corrected chi connectivity index (χ2v) is 5.45. The first-order chi connectivity index (χ1) is 10.5. The van der Waals surface area contributed by atoms with Crippen molar-refractivity contribution >= 4 is 11.8 Å². The van der Waals surface area contributed by atoms with Gasteiger partial charge in [-0.15, -0.1) is 0 Å². The zero-order valence-corrected chi connectivity index (χ0v) is 13.6. The van der Waals surface area contributed by atoms with Crippen LogP contribution in [0.5, 0.6) is 0 Å². The van der Waals surface area contributed by atoms with Crippen LogP contribution in [0.4, 0.5) is 4.39 Å². The second-order valence-electron chi connectivity index (χ2n) is 5.45. The molecule has 1 aromatic rings. The van der Waals surface area contributed by atoms with Gasteiger partial charge >= 0.3 is 0 Å². The van der Waals surface area contributed by atoms with Gasteiger partial charge in [-0.05, 0) is 31.0 Å². The van der Waals surface area contributed by atoms with Crippen LogP contribution >= 0.6 is 0 Å². The molecule has 1 N–H and O–H groups in total. The molecule has 0 saturated heterocycles. The van der Waals surface area contributed by atoms with Crippen LogP contribution in [0.1, 0.15) is 45.6 Å². The number of nitrogens with one attached hydrogen (secondary N) is 1. The summed E-state index contributed by atoms with van der Waals surface area (Å²) in [5, 5.41) is 2.85. The summed E-state index contributed by atoms with van der Waals surface area (Å²) < 4.78 is 12.9. The summed E-state index contributed by atoms with van der Waals surface area (Å²) in [7, 11) is 0. The maximum absolute atomic E-state index is 12.9. The lowest BCUT2D eigenvalue weighted by atomic mass is 10.1. The number of unbranched alkanes of at least 4 members (excludes halogenated alkanes) is 2. The highest BCUT2D eigenvalue weighted by Gasteiger charge is 2.23. The molecule has 0 aliphatic heterocycles. The molecule has 0 spiro atoms. The van der Waals surface area contributed by atoms with Crippen molar-refractivity contribution in [1.29, 1.82) is 0 Å². The number of hydrogen-bond donors (Lipinski definition) is 1. The van der Waals surface area contributed by atoms with Crippen LogP contribution in [-0.4, -0.2) is 29.3 Å². The number of benzene rings is 1. The summed E-state index contributed by atoms with van der Waals surface area (Å²) in [6.45, 7) is 6.16. The molecule has 122 valence electrons. The van der Waals surface area contributed by atoms with Crippen molar-refractivity contribution in [3.05, 3.63) is 35.6 Å². The molecular formula is C17H25FN2O2. The molecule has 0 bridgehead atoms. The molecule has 0 saturated carbocycles. The largest absolute Gasteiger partial charge is 0.354 e. The maximum Gasteiger partial charge on any atom is 0.242 e. The molecule has 22 heavy (non-hydrogen) atoms. The van der Waals surface area contributed by atoms with Crippen LogP contribution < -0.4 is 5.32 Å². The van der Waals surface area contributed by atoms with Gasteiger partial charge in [0, 0.05) is 20.0 Å². The monoisotopic (exact) mass is 308 g/mol. The minimum atomic E-state index is -0.552. The molecule has 1 atom stereocenters. The van der Waals surface area contributed by atoms with Crippen LogP contribution in [-0.2, 0) is 16.1 Å². The Balaban J connectivity index is 2.63. The lowest BCUT2D eigenvalue weighted by Crippen LogP contribution is -2.47. The summed E-state index contributed by atoms with van der Waals surface area (Å²) in [6.07, 6.45) is 3.10. The van der Waals surface area contributed by atoms with E-state index >= 15 is 0 Å². The molecule has 0 radical (unpaired) electrons. The van der Waals surface area contributed by atoms with Crippen molar-refractivity contribution in [2.75, 3.05) is 6.54 Å². The van der Waals surface area contributed by atoms with E-state index in [0.717, 1.165) is 24.8 Å². The van der Waals surface area contributed by atoms with Gasteiger partial charge in [-0.2, -0.15) is 0 Å². The smallest absolute Gasteiger partial charge is 0.242 e. The number of carbonyl (C=O) groups is 2. The molecule has 0 heterocycles. The number of halogens is 1. The first-order valence-electron chi connectivity index (χ1n) is 7.75. The lowest BCUT2D eigenvalue weighted by Gasteiger charge is -2.27. The highest BCUT2D eigenvalue weighted by Crippen LogP contribution is 2.10. The quantitative estimate of drug-likeness (QED) is 0.751. The fourth-order valence-electron chi connectivity index (χ4n) is 2.18. The molecule has 1 aromatic carbocycles. The average Bonchev–Trinajstić information content (AvgIpc) is 2.49. The fraction of sp³-hybridized carbons (Fsp3) is 0.529. The van der Waals surface area contributed by atoms with Gasteiger partial charge in [-0.25, -0.2) is 4.39 Å². The highest BCUT2D eigenvalue weighted by molar-refractivity contribution is 5.86. The van der Waals surface area contributed by atoms with Crippen LogP contribution in [0.15, 0.2) is 24.3 Å². The molecule has 0 aliphatic carbocycles. The molecule has 0 aromatic heterocycles. The number of carbonyl (C=O) groups excluding carboxylic acids is 2. The number of rotatable bonds is 8. The Kier molecular flexibility index (Phi) is 7.57. The van der Waals surface area contributed by atoms with Crippen molar-refractivity contribution in [3.8, 4) is 0 Å². The Hall–Kier alpha value is -1.91. The Morgan fingerprint density at radius 1 is 1.23 bits per heavy atom. The van der Waals surface area contributed by atoms with E-state index in [9.17, 15) is 14.0 Å². The Bertz CT molecular complexity index is 488. The van der Waals surface area contributed by atoms with Gasteiger partial charge in [-0.1, -0.05) is 31.9 Å². The first kappa shape index (κ1) is 18.1. The predicted molar refractivity (Wildman–Crippen MR) is 84.6 cm³/mol. The van der Waals surface area contributed by atoms with Crippen LogP contribution in [0, 0.1) is 5.82 Å². The maximum atomic E-state index is 12.9. The van der Waals surface area contributed by atoms with E-state index < -0.39 is 6.04 Å². The van der Waals surface area contributed by atoms with E-state index in [1.807, 2.05) is 0 Å². The Morgan fingerprint density at radius 3 is 2.41 bits per heavy atom. The normalized spacial score (nSPS) is 11.8. The average molecular weight is 308 g/mol. The number of nitrogens with zero attached hydrogens (tertiary/aromatic N) is 1. The second kappa shape index (κ2) is 9.18. The fourth-order valence-corrected chi connectivity index (χ4v) is 2.18. The first-order valence-corrected chi connectivity index (χ1v) is 7.75. The van der Waals surface area contributed by atoms with Crippen LogP contribution in [0.2, 0.25) is 0 Å². The molecule has 0 aliphatic rings. The van der Waals surface area contributed by atoms with E-state index in [4.69, 9.17) is 0 Å². The van der Waals surface area contributed by atoms with Gasteiger partial charge in [0.1, 0.15) is 11.9 Å².